The van der Waals surface area contributed by atoms with Crippen LogP contribution in [0.3, 0.4) is 0 Å². The summed E-state index contributed by atoms with van der Waals surface area (Å²) in [5, 5.41) is 18.3. The van der Waals surface area contributed by atoms with Crippen molar-refractivity contribution in [2.75, 3.05) is 42.7 Å². The largest absolute Gasteiger partial charge is 0.378 e. The molecule has 28 heavy (non-hydrogen) atoms. The molecule has 0 aliphatic heterocycles. The SMILES string of the molecule is CN(C)c1ccc(NC(=S)NCCCNc2n[nH]c(=O)c3ccccc23)cc1. The second-order valence-electron chi connectivity index (χ2n) is 6.55. The van der Waals surface area contributed by atoms with Crippen molar-refractivity contribution >= 4 is 45.3 Å². The van der Waals surface area contributed by atoms with Gasteiger partial charge in [0.15, 0.2) is 10.9 Å². The molecule has 8 heteroatoms. The lowest BCUT2D eigenvalue weighted by Crippen LogP contribution is -2.30. The number of nitrogens with one attached hydrogen (secondary N) is 4. The number of rotatable bonds is 7. The number of hydrogen-bond acceptors (Lipinski definition) is 5. The highest BCUT2D eigenvalue weighted by Crippen LogP contribution is 2.17. The molecule has 0 aliphatic rings. The van der Waals surface area contributed by atoms with Crippen molar-refractivity contribution in [1.29, 1.82) is 0 Å². The molecule has 7 nitrogen and oxygen atoms in total. The molecule has 0 fully saturated rings. The number of aromatic amines is 1. The fourth-order valence-corrected chi connectivity index (χ4v) is 2.98. The number of hydrogen-bond donors (Lipinski definition) is 4. The molecule has 1 heterocycles. The summed E-state index contributed by atoms with van der Waals surface area (Å²) in [5.41, 5.74) is 1.90. The molecule has 0 saturated carbocycles. The van der Waals surface area contributed by atoms with Crippen LogP contribution in [0.5, 0.6) is 0 Å². The van der Waals surface area contributed by atoms with Crippen molar-refractivity contribution in [1.82, 2.24) is 15.5 Å². The Kier molecular flexibility index (Phi) is 6.44. The van der Waals surface area contributed by atoms with Gasteiger partial charge in [-0.15, -0.1) is 0 Å². The van der Waals surface area contributed by atoms with Gasteiger partial charge in [0, 0.05) is 43.9 Å². The smallest absolute Gasteiger partial charge is 0.272 e. The average Bonchev–Trinajstić information content (AvgIpc) is 2.70. The van der Waals surface area contributed by atoms with E-state index in [0.717, 1.165) is 29.7 Å². The van der Waals surface area contributed by atoms with Crippen molar-refractivity contribution in [3.05, 3.63) is 58.9 Å². The molecule has 0 aliphatic carbocycles. The Bertz CT molecular complexity index is 999. The molecule has 3 rings (SSSR count). The van der Waals surface area contributed by atoms with Crippen molar-refractivity contribution in [2.24, 2.45) is 0 Å². The molecule has 0 atom stereocenters. The highest BCUT2D eigenvalue weighted by molar-refractivity contribution is 7.80. The average molecular weight is 397 g/mol. The first-order valence-corrected chi connectivity index (χ1v) is 9.49. The molecule has 4 N–H and O–H groups in total. The van der Waals surface area contributed by atoms with Crippen molar-refractivity contribution in [3.63, 3.8) is 0 Å². The molecule has 0 saturated heterocycles. The van der Waals surface area contributed by atoms with Crippen LogP contribution >= 0.6 is 12.2 Å². The van der Waals surface area contributed by atoms with Gasteiger partial charge in [0.25, 0.3) is 5.56 Å². The number of H-pyrrole nitrogens is 1. The Morgan fingerprint density at radius 1 is 1.07 bits per heavy atom. The van der Waals surface area contributed by atoms with Crippen LogP contribution in [0.15, 0.2) is 53.3 Å². The Labute approximate surface area is 169 Å². The van der Waals surface area contributed by atoms with Gasteiger partial charge in [0.05, 0.1) is 5.39 Å². The van der Waals surface area contributed by atoms with Gasteiger partial charge in [-0.2, -0.15) is 5.10 Å². The third kappa shape index (κ3) is 4.98. The van der Waals surface area contributed by atoms with E-state index < -0.39 is 0 Å². The third-order valence-electron chi connectivity index (χ3n) is 4.27. The van der Waals surface area contributed by atoms with Crippen LogP contribution in [0.2, 0.25) is 0 Å². The Morgan fingerprint density at radius 3 is 2.50 bits per heavy atom. The highest BCUT2D eigenvalue weighted by Gasteiger charge is 2.05. The highest BCUT2D eigenvalue weighted by atomic mass is 32.1. The van der Waals surface area contributed by atoms with E-state index in [4.69, 9.17) is 12.2 Å². The molecule has 3 aromatic rings. The molecule has 0 bridgehead atoms. The molecule has 0 radical (unpaired) electrons. The van der Waals surface area contributed by atoms with Gasteiger partial charge in [-0.05, 0) is 49.0 Å². The second-order valence-corrected chi connectivity index (χ2v) is 6.96. The van der Waals surface area contributed by atoms with Crippen LogP contribution in [0.1, 0.15) is 6.42 Å². The Hall–Kier alpha value is -3.13. The van der Waals surface area contributed by atoms with Crippen molar-refractivity contribution in [2.45, 2.75) is 6.42 Å². The van der Waals surface area contributed by atoms with E-state index in [0.29, 0.717) is 22.9 Å². The lowest BCUT2D eigenvalue weighted by molar-refractivity contribution is 0.805. The summed E-state index contributed by atoms with van der Waals surface area (Å²) >= 11 is 5.34. The van der Waals surface area contributed by atoms with Gasteiger partial charge in [-0.1, -0.05) is 18.2 Å². The monoisotopic (exact) mass is 396 g/mol. The summed E-state index contributed by atoms with van der Waals surface area (Å²) in [6.45, 7) is 1.42. The minimum absolute atomic E-state index is 0.183. The van der Waals surface area contributed by atoms with E-state index in [9.17, 15) is 4.79 Å². The van der Waals surface area contributed by atoms with Gasteiger partial charge in [0.2, 0.25) is 0 Å². The first-order valence-electron chi connectivity index (χ1n) is 9.08. The zero-order valence-electron chi connectivity index (χ0n) is 16.0. The van der Waals surface area contributed by atoms with Gasteiger partial charge < -0.3 is 20.9 Å². The van der Waals surface area contributed by atoms with E-state index in [1.165, 1.54) is 0 Å². The topological polar surface area (TPSA) is 85.1 Å². The van der Waals surface area contributed by atoms with E-state index in [2.05, 4.69) is 26.1 Å². The van der Waals surface area contributed by atoms with Crippen LogP contribution in [0, 0.1) is 0 Å². The first-order chi connectivity index (χ1) is 13.5. The van der Waals surface area contributed by atoms with E-state index in [-0.39, 0.29) is 5.56 Å². The summed E-state index contributed by atoms with van der Waals surface area (Å²) in [4.78, 5) is 13.9. The van der Waals surface area contributed by atoms with Gasteiger partial charge in [-0.25, -0.2) is 5.10 Å². The number of nitrogens with zero attached hydrogens (tertiary/aromatic N) is 2. The normalized spacial score (nSPS) is 10.5. The summed E-state index contributed by atoms with van der Waals surface area (Å²) in [6, 6.07) is 15.5. The predicted octanol–water partition coefficient (Wildman–Crippen LogP) is 2.78. The van der Waals surface area contributed by atoms with E-state index in [1.807, 2.05) is 61.5 Å². The fourth-order valence-electron chi connectivity index (χ4n) is 2.76. The molecular formula is C20H24N6OS. The van der Waals surface area contributed by atoms with Crippen LogP contribution in [-0.2, 0) is 0 Å². The summed E-state index contributed by atoms with van der Waals surface area (Å²) in [5.74, 6) is 0.678. The maximum atomic E-state index is 11.8. The quantitative estimate of drug-likeness (QED) is 0.361. The minimum Gasteiger partial charge on any atom is -0.378 e. The number of aromatic nitrogens is 2. The lowest BCUT2D eigenvalue weighted by Gasteiger charge is -2.14. The van der Waals surface area contributed by atoms with Crippen molar-refractivity contribution < 1.29 is 0 Å². The number of anilines is 3. The third-order valence-corrected chi connectivity index (χ3v) is 4.52. The maximum Gasteiger partial charge on any atom is 0.272 e. The lowest BCUT2D eigenvalue weighted by atomic mass is 10.2. The molecule has 1 aromatic heterocycles. The maximum absolute atomic E-state index is 11.8. The predicted molar refractivity (Wildman–Crippen MR) is 120 cm³/mol. The number of thiocarbonyl (C=S) groups is 1. The Balaban J connectivity index is 1.43. The first kappa shape index (κ1) is 19.6. The number of fused-ring (bicyclic) bond motifs is 1. The molecular weight excluding hydrogens is 372 g/mol. The summed E-state index contributed by atoms with van der Waals surface area (Å²) in [7, 11) is 4.02. The van der Waals surface area contributed by atoms with Crippen LogP contribution < -0.4 is 26.4 Å². The van der Waals surface area contributed by atoms with Crippen LogP contribution in [0.25, 0.3) is 10.8 Å². The van der Waals surface area contributed by atoms with Gasteiger partial charge in [-0.3, -0.25) is 4.79 Å². The Morgan fingerprint density at radius 2 is 1.79 bits per heavy atom. The number of benzene rings is 2. The van der Waals surface area contributed by atoms with Gasteiger partial charge >= 0.3 is 0 Å². The molecule has 0 amide bonds. The van der Waals surface area contributed by atoms with Crippen LogP contribution in [0.4, 0.5) is 17.2 Å². The summed E-state index contributed by atoms with van der Waals surface area (Å²) in [6.07, 6.45) is 0.844. The molecule has 2 aromatic carbocycles. The molecule has 146 valence electrons. The molecule has 0 unspecified atom stereocenters. The molecule has 0 spiro atoms. The van der Waals surface area contributed by atoms with E-state index >= 15 is 0 Å². The minimum atomic E-state index is -0.183. The van der Waals surface area contributed by atoms with Gasteiger partial charge in [0.1, 0.15) is 0 Å². The van der Waals surface area contributed by atoms with Crippen molar-refractivity contribution in [3.8, 4) is 0 Å². The second kappa shape index (κ2) is 9.18. The van der Waals surface area contributed by atoms with E-state index in [1.54, 1.807) is 6.07 Å². The summed E-state index contributed by atoms with van der Waals surface area (Å²) < 4.78 is 0. The standard InChI is InChI=1S/C20H24N6OS/c1-26(2)15-10-8-14(9-11-15)23-20(28)22-13-5-12-21-18-16-6-3-4-7-17(16)19(27)25-24-18/h3-4,6-11H,5,12-13H2,1-2H3,(H,21,24)(H,25,27)(H2,22,23,28). The zero-order valence-corrected chi connectivity index (χ0v) is 16.8. The van der Waals surface area contributed by atoms with Crippen LogP contribution in [-0.4, -0.2) is 42.5 Å². The zero-order chi connectivity index (χ0) is 19.9. The fraction of sp³-hybridized carbons (Fsp3) is 0.250.